The summed E-state index contributed by atoms with van der Waals surface area (Å²) in [5.41, 5.74) is 3.56. The lowest BCUT2D eigenvalue weighted by Crippen LogP contribution is -2.54. The molecule has 0 aromatic heterocycles. The standard InChI is InChI=1S/C27H36N2O2/c1-17-5-7-18(8-6-17)28-25(31)22-11-10-20-19-9-12-23-27(3,16-14-24(30)29(23)4)21(19)13-15-26(20,22)2/h5-8,12,19-22H,9-11,13-16H2,1-4H3,(H,28,31)/t19-,20-,21+,22?,26-,27+/m0/s1. The largest absolute Gasteiger partial charge is 0.326 e. The summed E-state index contributed by atoms with van der Waals surface area (Å²) in [5, 5.41) is 3.21. The number of nitrogens with one attached hydrogen (secondary N) is 1. The Morgan fingerprint density at radius 2 is 1.81 bits per heavy atom. The second kappa shape index (κ2) is 7.21. The Morgan fingerprint density at radius 3 is 2.55 bits per heavy atom. The third-order valence-corrected chi connectivity index (χ3v) is 9.65. The van der Waals surface area contributed by atoms with Gasteiger partial charge in [-0.3, -0.25) is 9.59 Å². The maximum absolute atomic E-state index is 13.3. The van der Waals surface area contributed by atoms with Gasteiger partial charge in [0.15, 0.2) is 0 Å². The number of likely N-dealkylation sites (tertiary alicyclic amines) is 1. The number of benzene rings is 1. The van der Waals surface area contributed by atoms with E-state index >= 15 is 0 Å². The average Bonchev–Trinajstić information content (AvgIpc) is 3.10. The number of hydrogen-bond donors (Lipinski definition) is 1. The lowest BCUT2D eigenvalue weighted by Gasteiger charge is -2.58. The Kier molecular flexibility index (Phi) is 4.84. The normalized spacial score (nSPS) is 39.3. The van der Waals surface area contributed by atoms with E-state index in [1.165, 1.54) is 17.7 Å². The van der Waals surface area contributed by atoms with E-state index in [9.17, 15) is 9.59 Å². The van der Waals surface area contributed by atoms with Gasteiger partial charge < -0.3 is 10.2 Å². The highest BCUT2D eigenvalue weighted by molar-refractivity contribution is 5.93. The van der Waals surface area contributed by atoms with Gasteiger partial charge in [0.25, 0.3) is 0 Å². The molecule has 166 valence electrons. The van der Waals surface area contributed by atoms with Crippen molar-refractivity contribution in [1.82, 2.24) is 4.90 Å². The van der Waals surface area contributed by atoms with Gasteiger partial charge in [0.2, 0.25) is 11.8 Å². The van der Waals surface area contributed by atoms with Crippen LogP contribution >= 0.6 is 0 Å². The monoisotopic (exact) mass is 420 g/mol. The van der Waals surface area contributed by atoms with E-state index in [0.717, 1.165) is 37.8 Å². The van der Waals surface area contributed by atoms with Crippen molar-refractivity contribution in [2.45, 2.75) is 65.7 Å². The first-order valence-electron chi connectivity index (χ1n) is 12.1. The molecule has 1 unspecified atom stereocenters. The second-order valence-corrected chi connectivity index (χ2v) is 11.1. The van der Waals surface area contributed by atoms with Crippen LogP contribution in [0, 0.1) is 41.4 Å². The SMILES string of the molecule is Cc1ccc(NC(=O)C2CC[C@H]3[C@@H]4CC=C5N(C)C(=O)CC[C@]5(C)[C@@H]4CC[C@]23C)cc1. The van der Waals surface area contributed by atoms with Crippen molar-refractivity contribution in [3.05, 3.63) is 41.6 Å². The van der Waals surface area contributed by atoms with Crippen LogP contribution in [0.5, 0.6) is 0 Å². The van der Waals surface area contributed by atoms with Gasteiger partial charge in [-0.2, -0.15) is 0 Å². The van der Waals surface area contributed by atoms with Crippen molar-refractivity contribution in [3.8, 4) is 0 Å². The minimum Gasteiger partial charge on any atom is -0.326 e. The first-order chi connectivity index (χ1) is 14.7. The first-order valence-corrected chi connectivity index (χ1v) is 12.1. The molecule has 1 aromatic carbocycles. The summed E-state index contributed by atoms with van der Waals surface area (Å²) >= 11 is 0. The first kappa shape index (κ1) is 20.8. The topological polar surface area (TPSA) is 49.4 Å². The number of carbonyl (C=O) groups is 2. The van der Waals surface area contributed by atoms with Crippen LogP contribution in [0.4, 0.5) is 5.69 Å². The number of nitrogens with zero attached hydrogens (tertiary/aromatic N) is 1. The van der Waals surface area contributed by atoms with Crippen LogP contribution in [0.1, 0.15) is 64.4 Å². The Balaban J connectivity index is 1.38. The minimum absolute atomic E-state index is 0.0774. The molecule has 3 aliphatic carbocycles. The fraction of sp³-hybridized carbons (Fsp3) is 0.630. The number of rotatable bonds is 2. The maximum atomic E-state index is 13.3. The summed E-state index contributed by atoms with van der Waals surface area (Å²) in [6.07, 6.45) is 9.49. The molecule has 3 fully saturated rings. The molecule has 4 aliphatic rings. The van der Waals surface area contributed by atoms with Crippen molar-refractivity contribution in [3.63, 3.8) is 0 Å². The molecule has 0 bridgehead atoms. The highest BCUT2D eigenvalue weighted by Crippen LogP contribution is 2.66. The molecule has 5 rings (SSSR count). The molecule has 6 atom stereocenters. The molecule has 1 aliphatic heterocycles. The van der Waals surface area contributed by atoms with E-state index in [2.05, 4.69) is 44.3 Å². The number of anilines is 1. The maximum Gasteiger partial charge on any atom is 0.228 e. The highest BCUT2D eigenvalue weighted by atomic mass is 16.2. The summed E-state index contributed by atoms with van der Waals surface area (Å²) in [5.74, 6) is 2.41. The van der Waals surface area contributed by atoms with Crippen LogP contribution in [-0.2, 0) is 9.59 Å². The van der Waals surface area contributed by atoms with Crippen LogP contribution < -0.4 is 5.32 Å². The van der Waals surface area contributed by atoms with Crippen LogP contribution in [0.25, 0.3) is 0 Å². The molecule has 1 heterocycles. The molecule has 1 saturated heterocycles. The number of piperidine rings is 1. The number of allylic oxidation sites excluding steroid dienone is 2. The molecule has 0 spiro atoms. The van der Waals surface area contributed by atoms with E-state index < -0.39 is 0 Å². The van der Waals surface area contributed by atoms with E-state index in [4.69, 9.17) is 0 Å². The van der Waals surface area contributed by atoms with Gasteiger partial charge in [-0.25, -0.2) is 0 Å². The zero-order valence-electron chi connectivity index (χ0n) is 19.4. The number of carbonyl (C=O) groups excluding carboxylic acids is 2. The lowest BCUT2D eigenvalue weighted by molar-refractivity contribution is -0.137. The quantitative estimate of drug-likeness (QED) is 0.683. The Hall–Kier alpha value is -2.10. The number of fused-ring (bicyclic) bond motifs is 5. The zero-order chi connectivity index (χ0) is 22.0. The minimum atomic E-state index is 0.0774. The molecule has 1 aromatic rings. The van der Waals surface area contributed by atoms with Gasteiger partial charge in [-0.05, 0) is 80.8 Å². The smallest absolute Gasteiger partial charge is 0.228 e. The van der Waals surface area contributed by atoms with E-state index in [0.29, 0.717) is 24.2 Å². The fourth-order valence-electron chi connectivity index (χ4n) is 7.88. The van der Waals surface area contributed by atoms with E-state index in [-0.39, 0.29) is 28.6 Å². The summed E-state index contributed by atoms with van der Waals surface area (Å²) in [6, 6.07) is 8.12. The zero-order valence-corrected chi connectivity index (χ0v) is 19.4. The van der Waals surface area contributed by atoms with Crippen LogP contribution in [0.15, 0.2) is 36.0 Å². The van der Waals surface area contributed by atoms with Crippen LogP contribution in [0.3, 0.4) is 0 Å². The Morgan fingerprint density at radius 1 is 1.06 bits per heavy atom. The lowest BCUT2D eigenvalue weighted by atomic mass is 9.49. The van der Waals surface area contributed by atoms with Gasteiger partial charge in [-0.1, -0.05) is 37.6 Å². The fourth-order valence-corrected chi connectivity index (χ4v) is 7.88. The van der Waals surface area contributed by atoms with Gasteiger partial charge in [0.1, 0.15) is 0 Å². The molecule has 1 N–H and O–H groups in total. The second-order valence-electron chi connectivity index (χ2n) is 11.1. The van der Waals surface area contributed by atoms with Gasteiger partial charge in [0.05, 0.1) is 0 Å². The van der Waals surface area contributed by atoms with Crippen molar-refractivity contribution in [1.29, 1.82) is 0 Å². The third-order valence-electron chi connectivity index (χ3n) is 9.65. The molecule has 0 radical (unpaired) electrons. The highest BCUT2D eigenvalue weighted by Gasteiger charge is 2.60. The average molecular weight is 421 g/mol. The third kappa shape index (κ3) is 3.08. The predicted molar refractivity (Wildman–Crippen MR) is 123 cm³/mol. The summed E-state index contributed by atoms with van der Waals surface area (Å²) in [4.78, 5) is 27.6. The van der Waals surface area contributed by atoms with Gasteiger partial charge in [-0.15, -0.1) is 0 Å². The van der Waals surface area contributed by atoms with Crippen LogP contribution in [0.2, 0.25) is 0 Å². The van der Waals surface area contributed by atoms with Crippen molar-refractivity contribution >= 4 is 17.5 Å². The number of hydrogen-bond acceptors (Lipinski definition) is 2. The molecular weight excluding hydrogens is 384 g/mol. The molecular formula is C27H36N2O2. The molecule has 4 heteroatoms. The van der Waals surface area contributed by atoms with E-state index in [1.807, 2.05) is 24.1 Å². The molecule has 2 saturated carbocycles. The number of amides is 2. The summed E-state index contributed by atoms with van der Waals surface area (Å²) in [6.45, 7) is 6.85. The molecule has 4 nitrogen and oxygen atoms in total. The summed E-state index contributed by atoms with van der Waals surface area (Å²) < 4.78 is 0. The van der Waals surface area contributed by atoms with Crippen molar-refractivity contribution < 1.29 is 9.59 Å². The van der Waals surface area contributed by atoms with E-state index in [1.54, 1.807) is 0 Å². The van der Waals surface area contributed by atoms with Crippen molar-refractivity contribution in [2.24, 2.45) is 34.5 Å². The predicted octanol–water partition coefficient (Wildman–Crippen LogP) is 5.54. The van der Waals surface area contributed by atoms with Crippen LogP contribution in [-0.4, -0.2) is 23.8 Å². The number of aryl methyl sites for hydroxylation is 1. The summed E-state index contributed by atoms with van der Waals surface area (Å²) in [7, 11) is 1.96. The Labute approximate surface area is 186 Å². The molecule has 31 heavy (non-hydrogen) atoms. The molecule has 2 amide bonds. The van der Waals surface area contributed by atoms with Crippen molar-refractivity contribution in [2.75, 3.05) is 12.4 Å². The van der Waals surface area contributed by atoms with Gasteiger partial charge in [0, 0.05) is 36.2 Å². The van der Waals surface area contributed by atoms with Gasteiger partial charge >= 0.3 is 0 Å². The Bertz CT molecular complexity index is 935.